The van der Waals surface area contributed by atoms with Crippen molar-refractivity contribution in [2.75, 3.05) is 18.0 Å². The normalized spacial score (nSPS) is 13.3. The van der Waals surface area contributed by atoms with Crippen molar-refractivity contribution in [1.82, 2.24) is 10.3 Å². The van der Waals surface area contributed by atoms with Crippen LogP contribution in [-0.2, 0) is 17.8 Å². The predicted octanol–water partition coefficient (Wildman–Crippen LogP) is 1.76. The summed E-state index contributed by atoms with van der Waals surface area (Å²) in [5.74, 6) is 0.124. The van der Waals surface area contributed by atoms with E-state index in [0.29, 0.717) is 13.1 Å². The Kier molecular flexibility index (Phi) is 3.74. The number of pyridine rings is 1. The van der Waals surface area contributed by atoms with Gasteiger partial charge in [-0.1, -0.05) is 24.3 Å². The number of carbonyl (C=O) groups is 1. The van der Waals surface area contributed by atoms with Gasteiger partial charge < -0.3 is 10.2 Å². The molecule has 20 heavy (non-hydrogen) atoms. The molecule has 0 fully saturated rings. The van der Waals surface area contributed by atoms with E-state index in [4.69, 9.17) is 0 Å². The number of anilines is 1. The van der Waals surface area contributed by atoms with Crippen molar-refractivity contribution in [1.29, 1.82) is 0 Å². The van der Waals surface area contributed by atoms with E-state index in [9.17, 15) is 4.79 Å². The van der Waals surface area contributed by atoms with Crippen LogP contribution in [-0.4, -0.2) is 24.0 Å². The summed E-state index contributed by atoms with van der Waals surface area (Å²) in [5.41, 5.74) is 3.40. The monoisotopic (exact) mass is 267 g/mol. The first-order valence-electron chi connectivity index (χ1n) is 6.82. The van der Waals surface area contributed by atoms with Crippen molar-refractivity contribution in [3.05, 3.63) is 59.9 Å². The van der Waals surface area contributed by atoms with E-state index >= 15 is 0 Å². The molecule has 0 bridgehead atoms. The molecule has 2 aromatic rings. The largest absolute Gasteiger partial charge is 0.311 e. The molecule has 0 radical (unpaired) electrons. The fourth-order valence-corrected chi connectivity index (χ4v) is 2.51. The Hall–Kier alpha value is -2.20. The zero-order valence-corrected chi connectivity index (χ0v) is 11.2. The zero-order chi connectivity index (χ0) is 13.8. The van der Waals surface area contributed by atoms with Crippen LogP contribution in [0.1, 0.15) is 11.1 Å². The van der Waals surface area contributed by atoms with Crippen molar-refractivity contribution in [2.45, 2.75) is 13.0 Å². The molecule has 4 heteroatoms. The lowest BCUT2D eigenvalue weighted by Gasteiger charge is -2.17. The summed E-state index contributed by atoms with van der Waals surface area (Å²) in [7, 11) is 0. The quantitative estimate of drug-likeness (QED) is 0.918. The third kappa shape index (κ3) is 2.70. The Bertz CT molecular complexity index is 598. The van der Waals surface area contributed by atoms with Crippen LogP contribution in [0.4, 0.5) is 5.69 Å². The summed E-state index contributed by atoms with van der Waals surface area (Å²) in [6.45, 7) is 1.80. The number of nitrogens with zero attached hydrogens (tertiary/aromatic N) is 2. The summed E-state index contributed by atoms with van der Waals surface area (Å²) in [6, 6.07) is 12.0. The third-order valence-electron chi connectivity index (χ3n) is 3.52. The van der Waals surface area contributed by atoms with Crippen LogP contribution in [0.25, 0.3) is 0 Å². The SMILES string of the molecule is O=C(CNCc1cccnc1)N1CCc2ccccc21. The molecule has 2 heterocycles. The number of fused-ring (bicyclic) bond motifs is 1. The molecule has 4 nitrogen and oxygen atoms in total. The molecule has 0 spiro atoms. The molecule has 0 saturated carbocycles. The van der Waals surface area contributed by atoms with E-state index in [1.54, 1.807) is 6.20 Å². The highest BCUT2D eigenvalue weighted by Gasteiger charge is 2.23. The van der Waals surface area contributed by atoms with Gasteiger partial charge in [-0.25, -0.2) is 0 Å². The molecule has 1 aromatic heterocycles. The average Bonchev–Trinajstić information content (AvgIpc) is 2.92. The molecule has 1 amide bonds. The lowest BCUT2D eigenvalue weighted by atomic mass is 10.2. The molecular weight excluding hydrogens is 250 g/mol. The summed E-state index contributed by atoms with van der Waals surface area (Å²) in [4.78, 5) is 18.2. The Balaban J connectivity index is 1.56. The summed E-state index contributed by atoms with van der Waals surface area (Å²) >= 11 is 0. The van der Waals surface area contributed by atoms with Gasteiger partial charge in [0.1, 0.15) is 0 Å². The molecule has 102 valence electrons. The van der Waals surface area contributed by atoms with Crippen LogP contribution in [0, 0.1) is 0 Å². The molecule has 0 atom stereocenters. The molecular formula is C16H17N3O. The van der Waals surface area contributed by atoms with Gasteiger partial charge in [0.2, 0.25) is 5.91 Å². The lowest BCUT2D eigenvalue weighted by molar-refractivity contribution is -0.117. The van der Waals surface area contributed by atoms with Crippen molar-refractivity contribution in [3.8, 4) is 0 Å². The lowest BCUT2D eigenvalue weighted by Crippen LogP contribution is -2.36. The molecule has 3 rings (SSSR count). The van der Waals surface area contributed by atoms with E-state index in [-0.39, 0.29) is 5.91 Å². The second-order valence-corrected chi connectivity index (χ2v) is 4.89. The highest BCUT2D eigenvalue weighted by Crippen LogP contribution is 2.27. The highest BCUT2D eigenvalue weighted by molar-refractivity contribution is 5.96. The van der Waals surface area contributed by atoms with Gasteiger partial charge >= 0.3 is 0 Å². The van der Waals surface area contributed by atoms with Crippen molar-refractivity contribution >= 4 is 11.6 Å². The van der Waals surface area contributed by atoms with Crippen LogP contribution >= 0.6 is 0 Å². The van der Waals surface area contributed by atoms with E-state index < -0.39 is 0 Å². The fraction of sp³-hybridized carbons (Fsp3) is 0.250. The first-order chi connectivity index (χ1) is 9.84. The van der Waals surface area contributed by atoms with Crippen LogP contribution in [0.2, 0.25) is 0 Å². The standard InChI is InChI=1S/C16H17N3O/c20-16(12-18-11-13-4-3-8-17-10-13)19-9-7-14-5-1-2-6-15(14)19/h1-6,8,10,18H,7,9,11-12H2. The number of hydrogen-bond donors (Lipinski definition) is 1. The Labute approximate surface area is 118 Å². The Morgan fingerprint density at radius 3 is 3.00 bits per heavy atom. The number of amides is 1. The van der Waals surface area contributed by atoms with Crippen molar-refractivity contribution in [2.24, 2.45) is 0 Å². The minimum atomic E-state index is 0.124. The maximum Gasteiger partial charge on any atom is 0.240 e. The van der Waals surface area contributed by atoms with Crippen LogP contribution in [0.5, 0.6) is 0 Å². The second kappa shape index (κ2) is 5.84. The number of benzene rings is 1. The first-order valence-corrected chi connectivity index (χ1v) is 6.82. The number of aromatic nitrogens is 1. The molecule has 1 aromatic carbocycles. The van der Waals surface area contributed by atoms with Crippen LogP contribution in [0.15, 0.2) is 48.8 Å². The third-order valence-corrected chi connectivity index (χ3v) is 3.52. The maximum atomic E-state index is 12.2. The van der Waals surface area contributed by atoms with Crippen LogP contribution < -0.4 is 10.2 Å². The molecule has 1 aliphatic heterocycles. The number of para-hydroxylation sites is 1. The Morgan fingerprint density at radius 1 is 1.25 bits per heavy atom. The van der Waals surface area contributed by atoms with Gasteiger partial charge in [0.15, 0.2) is 0 Å². The molecule has 1 N–H and O–H groups in total. The minimum Gasteiger partial charge on any atom is -0.311 e. The molecule has 0 saturated heterocycles. The predicted molar refractivity (Wildman–Crippen MR) is 78.4 cm³/mol. The smallest absolute Gasteiger partial charge is 0.240 e. The summed E-state index contributed by atoms with van der Waals surface area (Å²) < 4.78 is 0. The van der Waals surface area contributed by atoms with Crippen molar-refractivity contribution in [3.63, 3.8) is 0 Å². The Morgan fingerprint density at radius 2 is 2.15 bits per heavy atom. The maximum absolute atomic E-state index is 12.2. The van der Waals surface area contributed by atoms with Gasteiger partial charge in [-0.15, -0.1) is 0 Å². The topological polar surface area (TPSA) is 45.2 Å². The number of nitrogens with one attached hydrogen (secondary N) is 1. The van der Waals surface area contributed by atoms with Gasteiger partial charge in [0.25, 0.3) is 0 Å². The first kappa shape index (κ1) is 12.8. The van der Waals surface area contributed by atoms with Gasteiger partial charge in [0, 0.05) is 31.2 Å². The zero-order valence-electron chi connectivity index (χ0n) is 11.2. The van der Waals surface area contributed by atoms with E-state index in [2.05, 4.69) is 16.4 Å². The second-order valence-electron chi connectivity index (χ2n) is 4.89. The number of hydrogen-bond acceptors (Lipinski definition) is 3. The van der Waals surface area contributed by atoms with E-state index in [1.807, 2.05) is 41.4 Å². The molecule has 0 aliphatic carbocycles. The van der Waals surface area contributed by atoms with Gasteiger partial charge in [-0.05, 0) is 29.7 Å². The van der Waals surface area contributed by atoms with Gasteiger partial charge in [-0.3, -0.25) is 9.78 Å². The number of carbonyl (C=O) groups excluding carboxylic acids is 1. The minimum absolute atomic E-state index is 0.124. The van der Waals surface area contributed by atoms with Crippen LogP contribution in [0.3, 0.4) is 0 Å². The van der Waals surface area contributed by atoms with Crippen molar-refractivity contribution < 1.29 is 4.79 Å². The summed E-state index contributed by atoms with van der Waals surface area (Å²) in [5, 5.41) is 3.18. The van der Waals surface area contributed by atoms with Gasteiger partial charge in [-0.2, -0.15) is 0 Å². The average molecular weight is 267 g/mol. The number of rotatable bonds is 4. The van der Waals surface area contributed by atoms with E-state index in [0.717, 1.165) is 24.2 Å². The molecule has 1 aliphatic rings. The highest BCUT2D eigenvalue weighted by atomic mass is 16.2. The molecule has 0 unspecified atom stereocenters. The fourth-order valence-electron chi connectivity index (χ4n) is 2.51. The van der Waals surface area contributed by atoms with Gasteiger partial charge in [0.05, 0.1) is 6.54 Å². The van der Waals surface area contributed by atoms with E-state index in [1.165, 1.54) is 5.56 Å². The summed E-state index contributed by atoms with van der Waals surface area (Å²) in [6.07, 6.45) is 4.50.